The zero-order chi connectivity index (χ0) is 15.2. The van der Waals surface area contributed by atoms with Crippen LogP contribution in [0.1, 0.15) is 31.4 Å². The van der Waals surface area contributed by atoms with Crippen LogP contribution in [-0.4, -0.2) is 27.3 Å². The Morgan fingerprint density at radius 2 is 1.75 bits per heavy atom. The van der Waals surface area contributed by atoms with Crippen molar-refractivity contribution in [3.05, 3.63) is 29.3 Å². The van der Waals surface area contributed by atoms with Gasteiger partial charge in [0.25, 0.3) is 0 Å². The Kier molecular flexibility index (Phi) is 6.49. The average molecular weight is 299 g/mol. The summed E-state index contributed by atoms with van der Waals surface area (Å²) in [6, 6.07) is 5.96. The monoisotopic (exact) mass is 299 g/mol. The highest BCUT2D eigenvalue weighted by molar-refractivity contribution is 7.89. The second kappa shape index (κ2) is 7.64. The molecule has 0 aliphatic rings. The van der Waals surface area contributed by atoms with E-state index < -0.39 is 10.0 Å². The minimum atomic E-state index is -3.18. The van der Waals surface area contributed by atoms with E-state index in [9.17, 15) is 8.42 Å². The van der Waals surface area contributed by atoms with E-state index >= 15 is 0 Å². The van der Waals surface area contributed by atoms with Crippen molar-refractivity contribution in [1.29, 1.82) is 0 Å². The van der Waals surface area contributed by atoms with Crippen LogP contribution in [0.2, 0.25) is 0 Å². The Bertz CT molecular complexity index is 504. The summed E-state index contributed by atoms with van der Waals surface area (Å²) in [6.07, 6.45) is 0.674. The van der Waals surface area contributed by atoms with Gasteiger partial charge in [-0.05, 0) is 49.4 Å². The van der Waals surface area contributed by atoms with Crippen molar-refractivity contribution in [1.82, 2.24) is 4.72 Å². The molecule has 1 aromatic carbocycles. The summed E-state index contributed by atoms with van der Waals surface area (Å²) >= 11 is 0. The van der Waals surface area contributed by atoms with Gasteiger partial charge in [-0.2, -0.15) is 0 Å². The SMILES string of the molecule is Cc1cc(C)cc(OCCNS(=O)(=O)CCC(C)C)c1. The minimum absolute atomic E-state index is 0.175. The molecule has 4 nitrogen and oxygen atoms in total. The molecule has 0 saturated heterocycles. The summed E-state index contributed by atoms with van der Waals surface area (Å²) in [5, 5.41) is 0. The molecule has 0 amide bonds. The highest BCUT2D eigenvalue weighted by atomic mass is 32.2. The molecule has 20 heavy (non-hydrogen) atoms. The molecule has 0 unspecified atom stereocenters. The normalized spacial score (nSPS) is 11.8. The number of ether oxygens (including phenoxy) is 1. The fourth-order valence-electron chi connectivity index (χ4n) is 1.85. The predicted molar refractivity (Wildman–Crippen MR) is 82.7 cm³/mol. The molecule has 0 aliphatic carbocycles. The molecule has 0 radical (unpaired) electrons. The second-order valence-electron chi connectivity index (χ2n) is 5.57. The first-order valence-electron chi connectivity index (χ1n) is 6.97. The van der Waals surface area contributed by atoms with Crippen LogP contribution in [0.25, 0.3) is 0 Å². The lowest BCUT2D eigenvalue weighted by Gasteiger charge is -2.10. The first-order valence-corrected chi connectivity index (χ1v) is 8.62. The Labute approximate surface area is 122 Å². The zero-order valence-electron chi connectivity index (χ0n) is 12.8. The third-order valence-electron chi connectivity index (χ3n) is 2.85. The maximum atomic E-state index is 11.7. The second-order valence-corrected chi connectivity index (χ2v) is 7.49. The Hall–Kier alpha value is -1.07. The molecule has 1 rings (SSSR count). The van der Waals surface area contributed by atoms with Gasteiger partial charge in [0.1, 0.15) is 12.4 Å². The smallest absolute Gasteiger partial charge is 0.211 e. The molecule has 1 N–H and O–H groups in total. The van der Waals surface area contributed by atoms with Gasteiger partial charge < -0.3 is 4.74 Å². The van der Waals surface area contributed by atoms with Gasteiger partial charge >= 0.3 is 0 Å². The van der Waals surface area contributed by atoms with Crippen molar-refractivity contribution in [2.45, 2.75) is 34.1 Å². The van der Waals surface area contributed by atoms with E-state index in [2.05, 4.69) is 10.8 Å². The maximum absolute atomic E-state index is 11.7. The largest absolute Gasteiger partial charge is 0.492 e. The molecule has 1 aromatic rings. The van der Waals surface area contributed by atoms with Crippen molar-refractivity contribution >= 4 is 10.0 Å². The summed E-state index contributed by atoms with van der Waals surface area (Å²) in [4.78, 5) is 0. The van der Waals surface area contributed by atoms with Gasteiger partial charge in [0.05, 0.1) is 5.75 Å². The van der Waals surface area contributed by atoms with E-state index in [0.29, 0.717) is 25.5 Å². The molecule has 0 bridgehead atoms. The molecule has 0 fully saturated rings. The average Bonchev–Trinajstić information content (AvgIpc) is 2.31. The van der Waals surface area contributed by atoms with Crippen molar-refractivity contribution < 1.29 is 13.2 Å². The molecular formula is C15H25NO3S. The molecule has 5 heteroatoms. The summed E-state index contributed by atoms with van der Waals surface area (Å²) < 4.78 is 31.5. The van der Waals surface area contributed by atoms with E-state index in [4.69, 9.17) is 4.74 Å². The lowest BCUT2D eigenvalue weighted by molar-refractivity contribution is 0.322. The number of sulfonamides is 1. The van der Waals surface area contributed by atoms with Crippen molar-refractivity contribution in [3.63, 3.8) is 0 Å². The van der Waals surface area contributed by atoms with E-state index in [1.165, 1.54) is 0 Å². The van der Waals surface area contributed by atoms with Gasteiger partial charge in [-0.3, -0.25) is 0 Å². The van der Waals surface area contributed by atoms with Crippen LogP contribution in [0.4, 0.5) is 0 Å². The minimum Gasteiger partial charge on any atom is -0.492 e. The van der Waals surface area contributed by atoms with Gasteiger partial charge in [0, 0.05) is 6.54 Å². The van der Waals surface area contributed by atoms with Crippen LogP contribution in [0.15, 0.2) is 18.2 Å². The number of rotatable bonds is 8. The fraction of sp³-hybridized carbons (Fsp3) is 0.600. The lowest BCUT2D eigenvalue weighted by Crippen LogP contribution is -2.30. The third-order valence-corrected chi connectivity index (χ3v) is 4.27. The summed E-state index contributed by atoms with van der Waals surface area (Å²) in [5.74, 6) is 1.34. The highest BCUT2D eigenvalue weighted by Crippen LogP contribution is 2.15. The van der Waals surface area contributed by atoms with Gasteiger partial charge in [-0.1, -0.05) is 19.9 Å². The van der Waals surface area contributed by atoms with E-state index in [0.717, 1.165) is 16.9 Å². The Balaban J connectivity index is 2.34. The van der Waals surface area contributed by atoms with Crippen LogP contribution in [0.5, 0.6) is 5.75 Å². The first-order chi connectivity index (χ1) is 9.28. The predicted octanol–water partition coefficient (Wildman–Crippen LogP) is 2.65. The fourth-order valence-corrected chi connectivity index (χ4v) is 3.17. The molecule has 0 atom stereocenters. The molecule has 0 aliphatic heterocycles. The molecule has 114 valence electrons. The highest BCUT2D eigenvalue weighted by Gasteiger charge is 2.10. The quantitative estimate of drug-likeness (QED) is 0.751. The van der Waals surface area contributed by atoms with E-state index in [1.54, 1.807) is 0 Å². The summed E-state index contributed by atoms with van der Waals surface area (Å²) in [6.45, 7) is 8.68. The van der Waals surface area contributed by atoms with Crippen molar-refractivity contribution in [2.75, 3.05) is 18.9 Å². The van der Waals surface area contributed by atoms with Crippen LogP contribution < -0.4 is 9.46 Å². The lowest BCUT2D eigenvalue weighted by atomic mass is 10.1. The van der Waals surface area contributed by atoms with Crippen molar-refractivity contribution in [2.24, 2.45) is 5.92 Å². The van der Waals surface area contributed by atoms with Crippen LogP contribution in [0, 0.1) is 19.8 Å². The Morgan fingerprint density at radius 1 is 1.15 bits per heavy atom. The number of hydrogen-bond donors (Lipinski definition) is 1. The molecule has 0 aromatic heterocycles. The zero-order valence-corrected chi connectivity index (χ0v) is 13.6. The summed E-state index contributed by atoms with van der Waals surface area (Å²) in [5.41, 5.74) is 2.27. The van der Waals surface area contributed by atoms with Gasteiger partial charge in [0.15, 0.2) is 0 Å². The molecule has 0 saturated carbocycles. The molecule has 0 spiro atoms. The van der Waals surface area contributed by atoms with Crippen LogP contribution in [-0.2, 0) is 10.0 Å². The number of nitrogens with one attached hydrogen (secondary N) is 1. The van der Waals surface area contributed by atoms with Gasteiger partial charge in [-0.25, -0.2) is 13.1 Å². The van der Waals surface area contributed by atoms with Gasteiger partial charge in [0.2, 0.25) is 10.0 Å². The molecule has 0 heterocycles. The maximum Gasteiger partial charge on any atom is 0.211 e. The third kappa shape index (κ3) is 6.91. The first kappa shape index (κ1) is 17.0. The summed E-state index contributed by atoms with van der Waals surface area (Å²) in [7, 11) is -3.18. The molecular weight excluding hydrogens is 274 g/mol. The number of benzene rings is 1. The number of aryl methyl sites for hydroxylation is 2. The van der Waals surface area contributed by atoms with Gasteiger partial charge in [-0.15, -0.1) is 0 Å². The Morgan fingerprint density at radius 3 is 2.30 bits per heavy atom. The van der Waals surface area contributed by atoms with E-state index in [-0.39, 0.29) is 5.75 Å². The van der Waals surface area contributed by atoms with Crippen LogP contribution >= 0.6 is 0 Å². The standard InChI is InChI=1S/C15H25NO3S/c1-12(2)5-8-20(17,18)16-6-7-19-15-10-13(3)9-14(4)11-15/h9-12,16H,5-8H2,1-4H3. The van der Waals surface area contributed by atoms with Crippen molar-refractivity contribution in [3.8, 4) is 5.75 Å². The topological polar surface area (TPSA) is 55.4 Å². The van der Waals surface area contributed by atoms with E-state index in [1.807, 2.05) is 39.8 Å². The number of hydrogen-bond acceptors (Lipinski definition) is 3. The van der Waals surface area contributed by atoms with Crippen LogP contribution in [0.3, 0.4) is 0 Å².